The summed E-state index contributed by atoms with van der Waals surface area (Å²) in [4.78, 5) is 0. The van der Waals surface area contributed by atoms with Crippen LogP contribution < -0.4 is 5.32 Å². The van der Waals surface area contributed by atoms with Gasteiger partial charge in [-0.05, 0) is 32.2 Å². The van der Waals surface area contributed by atoms with Gasteiger partial charge in [-0.25, -0.2) is 0 Å². The molecule has 12 heavy (non-hydrogen) atoms. The van der Waals surface area contributed by atoms with Crippen molar-refractivity contribution in [3.63, 3.8) is 0 Å². The maximum absolute atomic E-state index is 9.17. The van der Waals surface area contributed by atoms with Gasteiger partial charge in [-0.1, -0.05) is 20.8 Å². The highest BCUT2D eigenvalue weighted by Crippen LogP contribution is 2.17. The van der Waals surface area contributed by atoms with Gasteiger partial charge in [0.15, 0.2) is 0 Å². The summed E-state index contributed by atoms with van der Waals surface area (Å²) in [5.41, 5.74) is 0. The number of aliphatic hydroxyl groups excluding tert-OH is 1. The van der Waals surface area contributed by atoms with E-state index in [9.17, 15) is 0 Å². The first-order valence-corrected chi connectivity index (χ1v) is 5.24. The van der Waals surface area contributed by atoms with Crippen LogP contribution in [0.2, 0.25) is 0 Å². The van der Waals surface area contributed by atoms with Crippen LogP contribution >= 0.6 is 0 Å². The number of rotatable bonds is 2. The van der Waals surface area contributed by atoms with Crippen molar-refractivity contribution < 1.29 is 5.11 Å². The van der Waals surface area contributed by atoms with E-state index >= 15 is 0 Å². The molecule has 0 unspecified atom stereocenters. The Kier molecular flexibility index (Phi) is 7.51. The van der Waals surface area contributed by atoms with Gasteiger partial charge in [0.05, 0.1) is 6.10 Å². The minimum absolute atomic E-state index is 0.0186. The van der Waals surface area contributed by atoms with Crippen molar-refractivity contribution in [1.29, 1.82) is 0 Å². The molecular formula is C10H23NO. The smallest absolute Gasteiger partial charge is 0.0541 e. The van der Waals surface area contributed by atoms with Crippen LogP contribution in [0, 0.1) is 0 Å². The molecule has 0 spiro atoms. The molecule has 0 heterocycles. The van der Waals surface area contributed by atoms with Crippen LogP contribution in [0.5, 0.6) is 0 Å². The number of nitrogens with one attached hydrogen (secondary N) is 1. The van der Waals surface area contributed by atoms with Gasteiger partial charge in [-0.2, -0.15) is 0 Å². The fourth-order valence-corrected chi connectivity index (χ4v) is 1.57. The van der Waals surface area contributed by atoms with Crippen molar-refractivity contribution in [2.24, 2.45) is 0 Å². The van der Waals surface area contributed by atoms with Crippen molar-refractivity contribution in [3.05, 3.63) is 0 Å². The van der Waals surface area contributed by atoms with Crippen molar-refractivity contribution in [1.82, 2.24) is 5.32 Å². The Morgan fingerprint density at radius 1 is 1.17 bits per heavy atom. The van der Waals surface area contributed by atoms with E-state index in [1.54, 1.807) is 0 Å². The molecule has 2 heteroatoms. The molecule has 0 aromatic carbocycles. The molecule has 1 rings (SSSR count). The molecule has 1 fully saturated rings. The van der Waals surface area contributed by atoms with Gasteiger partial charge in [0.25, 0.3) is 0 Å². The van der Waals surface area contributed by atoms with Crippen LogP contribution in [0.15, 0.2) is 0 Å². The maximum Gasteiger partial charge on any atom is 0.0541 e. The molecule has 0 aromatic rings. The van der Waals surface area contributed by atoms with E-state index in [1.165, 1.54) is 0 Å². The van der Waals surface area contributed by atoms with E-state index < -0.39 is 0 Å². The van der Waals surface area contributed by atoms with Crippen LogP contribution in [0.4, 0.5) is 0 Å². The average molecular weight is 173 g/mol. The molecule has 1 aliphatic carbocycles. The minimum atomic E-state index is -0.0186. The zero-order chi connectivity index (χ0) is 9.40. The van der Waals surface area contributed by atoms with Gasteiger partial charge < -0.3 is 10.4 Å². The third kappa shape index (κ3) is 4.73. The molecule has 1 aliphatic rings. The summed E-state index contributed by atoms with van der Waals surface area (Å²) in [5, 5.41) is 12.6. The van der Waals surface area contributed by atoms with Gasteiger partial charge in [-0.15, -0.1) is 0 Å². The van der Waals surface area contributed by atoms with Crippen LogP contribution in [-0.2, 0) is 0 Å². The fourth-order valence-electron chi connectivity index (χ4n) is 1.57. The first-order chi connectivity index (χ1) is 5.83. The fraction of sp³-hybridized carbons (Fsp3) is 1.00. The minimum Gasteiger partial charge on any atom is -0.393 e. The van der Waals surface area contributed by atoms with Crippen molar-refractivity contribution >= 4 is 0 Å². The van der Waals surface area contributed by atoms with Crippen LogP contribution in [0.25, 0.3) is 0 Å². The lowest BCUT2D eigenvalue weighted by Gasteiger charge is -2.25. The molecule has 0 radical (unpaired) electrons. The van der Waals surface area contributed by atoms with Crippen LogP contribution in [-0.4, -0.2) is 23.8 Å². The van der Waals surface area contributed by atoms with Crippen molar-refractivity contribution in [2.45, 2.75) is 58.6 Å². The maximum atomic E-state index is 9.17. The molecule has 0 amide bonds. The van der Waals surface area contributed by atoms with Gasteiger partial charge in [0.2, 0.25) is 0 Å². The van der Waals surface area contributed by atoms with E-state index in [0.717, 1.165) is 32.2 Å². The Morgan fingerprint density at radius 2 is 1.67 bits per heavy atom. The van der Waals surface area contributed by atoms with E-state index in [-0.39, 0.29) is 6.10 Å². The average Bonchev–Trinajstić information content (AvgIpc) is 2.13. The van der Waals surface area contributed by atoms with E-state index in [0.29, 0.717) is 6.04 Å². The standard InChI is InChI=1S/C8H17NO.C2H6/c1-2-9-7-3-5-8(10)6-4-7;1-2/h7-10H,2-6H2,1H3;1-2H3. The summed E-state index contributed by atoms with van der Waals surface area (Å²) in [6.45, 7) is 7.19. The van der Waals surface area contributed by atoms with Gasteiger partial charge >= 0.3 is 0 Å². The van der Waals surface area contributed by atoms with Gasteiger partial charge in [0, 0.05) is 6.04 Å². The van der Waals surface area contributed by atoms with E-state index in [4.69, 9.17) is 5.11 Å². The third-order valence-corrected chi connectivity index (χ3v) is 2.19. The molecule has 1 saturated carbocycles. The van der Waals surface area contributed by atoms with Gasteiger partial charge in [-0.3, -0.25) is 0 Å². The Morgan fingerprint density at radius 3 is 2.08 bits per heavy atom. The molecule has 74 valence electrons. The lowest BCUT2D eigenvalue weighted by atomic mass is 9.93. The summed E-state index contributed by atoms with van der Waals surface area (Å²) in [6.07, 6.45) is 4.24. The van der Waals surface area contributed by atoms with E-state index in [2.05, 4.69) is 12.2 Å². The normalized spacial score (nSPS) is 29.0. The molecule has 0 saturated heterocycles. The number of hydrogen-bond donors (Lipinski definition) is 2. The summed E-state index contributed by atoms with van der Waals surface area (Å²) in [6, 6.07) is 0.674. The quantitative estimate of drug-likeness (QED) is 0.668. The summed E-state index contributed by atoms with van der Waals surface area (Å²) in [7, 11) is 0. The third-order valence-electron chi connectivity index (χ3n) is 2.19. The second-order valence-electron chi connectivity index (χ2n) is 3.06. The monoisotopic (exact) mass is 173 g/mol. The lowest BCUT2D eigenvalue weighted by Crippen LogP contribution is -2.34. The predicted molar refractivity (Wildman–Crippen MR) is 53.3 cm³/mol. The summed E-state index contributed by atoms with van der Waals surface area (Å²) < 4.78 is 0. The Bertz CT molecular complexity index is 87.8. The zero-order valence-electron chi connectivity index (χ0n) is 8.64. The number of aliphatic hydroxyl groups is 1. The van der Waals surface area contributed by atoms with Crippen molar-refractivity contribution in [2.75, 3.05) is 6.54 Å². The Labute approximate surface area is 76.4 Å². The zero-order valence-corrected chi connectivity index (χ0v) is 8.64. The Balaban J connectivity index is 0.000000561. The SMILES string of the molecule is CC.CCNC1CCC(O)CC1. The lowest BCUT2D eigenvalue weighted by molar-refractivity contribution is 0.117. The summed E-state index contributed by atoms with van der Waals surface area (Å²) in [5.74, 6) is 0. The first kappa shape index (κ1) is 11.9. The molecule has 0 aromatic heterocycles. The Hall–Kier alpha value is -0.0800. The second-order valence-corrected chi connectivity index (χ2v) is 3.06. The van der Waals surface area contributed by atoms with E-state index in [1.807, 2.05) is 13.8 Å². The topological polar surface area (TPSA) is 32.3 Å². The molecule has 2 N–H and O–H groups in total. The molecule has 2 nitrogen and oxygen atoms in total. The van der Waals surface area contributed by atoms with Crippen molar-refractivity contribution in [3.8, 4) is 0 Å². The molecular weight excluding hydrogens is 150 g/mol. The number of hydrogen-bond acceptors (Lipinski definition) is 2. The van der Waals surface area contributed by atoms with Crippen LogP contribution in [0.3, 0.4) is 0 Å². The molecule has 0 atom stereocenters. The largest absolute Gasteiger partial charge is 0.393 e. The highest BCUT2D eigenvalue weighted by molar-refractivity contribution is 4.75. The van der Waals surface area contributed by atoms with Crippen LogP contribution in [0.1, 0.15) is 46.5 Å². The highest BCUT2D eigenvalue weighted by Gasteiger charge is 2.17. The summed E-state index contributed by atoms with van der Waals surface area (Å²) >= 11 is 0. The second kappa shape index (κ2) is 7.56. The predicted octanol–water partition coefficient (Wildman–Crippen LogP) is 1.93. The molecule has 0 aliphatic heterocycles. The highest BCUT2D eigenvalue weighted by atomic mass is 16.3. The first-order valence-electron chi connectivity index (χ1n) is 5.24. The molecule has 0 bridgehead atoms. The van der Waals surface area contributed by atoms with Gasteiger partial charge in [0.1, 0.15) is 0 Å².